The lowest BCUT2D eigenvalue weighted by Gasteiger charge is -2.11. The molecule has 0 saturated heterocycles. The molecule has 0 aliphatic heterocycles. The first-order valence-corrected chi connectivity index (χ1v) is 10.8. The molecule has 2 amide bonds. The molecule has 1 aliphatic rings. The Bertz CT molecular complexity index is 1070. The van der Waals surface area contributed by atoms with E-state index in [0.717, 1.165) is 34.7 Å². The molecular formula is C24H23N3O2S. The van der Waals surface area contributed by atoms with Gasteiger partial charge in [-0.15, -0.1) is 11.3 Å². The summed E-state index contributed by atoms with van der Waals surface area (Å²) in [5, 5.41) is 11.0. The first-order chi connectivity index (χ1) is 14.6. The van der Waals surface area contributed by atoms with Crippen molar-refractivity contribution >= 4 is 46.2 Å². The van der Waals surface area contributed by atoms with Gasteiger partial charge < -0.3 is 16.0 Å². The van der Waals surface area contributed by atoms with Gasteiger partial charge in [0.05, 0.1) is 16.9 Å². The van der Waals surface area contributed by atoms with Crippen molar-refractivity contribution < 1.29 is 9.59 Å². The van der Waals surface area contributed by atoms with Crippen LogP contribution < -0.4 is 16.0 Å². The first-order valence-electron chi connectivity index (χ1n) is 9.88. The quantitative estimate of drug-likeness (QED) is 0.481. The van der Waals surface area contributed by atoms with Crippen molar-refractivity contribution in [1.82, 2.24) is 5.32 Å². The number of rotatable bonds is 7. The molecule has 1 fully saturated rings. The predicted octanol–water partition coefficient (Wildman–Crippen LogP) is 4.86. The monoisotopic (exact) mass is 417 g/mol. The zero-order valence-corrected chi connectivity index (χ0v) is 17.5. The Labute approximate surface area is 179 Å². The Hall–Kier alpha value is -3.38. The van der Waals surface area contributed by atoms with E-state index in [9.17, 15) is 9.59 Å². The molecule has 3 N–H and O–H groups in total. The molecule has 0 radical (unpaired) electrons. The molecule has 6 heteroatoms. The number of carbonyl (C=O) groups excluding carboxylic acids is 2. The van der Waals surface area contributed by atoms with Gasteiger partial charge in [-0.1, -0.05) is 30.3 Å². The summed E-state index contributed by atoms with van der Waals surface area (Å²) in [7, 11) is 1.82. The molecule has 1 saturated carbocycles. The van der Waals surface area contributed by atoms with Crippen molar-refractivity contribution in [2.24, 2.45) is 0 Å². The SMILES string of the molecule is CNc1ccccc1NC(=O)c1ccc(/C=C(/C(=O)NC2CC2)c2cccs2)cc1. The van der Waals surface area contributed by atoms with E-state index in [2.05, 4.69) is 16.0 Å². The van der Waals surface area contributed by atoms with Crippen LogP contribution in [-0.2, 0) is 4.79 Å². The summed E-state index contributed by atoms with van der Waals surface area (Å²) < 4.78 is 0. The third-order valence-corrected chi connectivity index (χ3v) is 5.78. The van der Waals surface area contributed by atoms with Crippen molar-refractivity contribution in [3.05, 3.63) is 82.0 Å². The van der Waals surface area contributed by atoms with Gasteiger partial charge in [-0.25, -0.2) is 0 Å². The van der Waals surface area contributed by atoms with Crippen LogP contribution in [-0.4, -0.2) is 24.9 Å². The largest absolute Gasteiger partial charge is 0.386 e. The van der Waals surface area contributed by atoms with Gasteiger partial charge >= 0.3 is 0 Å². The van der Waals surface area contributed by atoms with Crippen LogP contribution in [0.3, 0.4) is 0 Å². The lowest BCUT2D eigenvalue weighted by molar-refractivity contribution is -0.115. The highest BCUT2D eigenvalue weighted by atomic mass is 32.1. The second kappa shape index (κ2) is 8.97. The number of thiophene rings is 1. The highest BCUT2D eigenvalue weighted by Gasteiger charge is 2.25. The van der Waals surface area contributed by atoms with Crippen molar-refractivity contribution in [1.29, 1.82) is 0 Å². The van der Waals surface area contributed by atoms with Crippen molar-refractivity contribution in [2.75, 3.05) is 17.7 Å². The molecule has 0 spiro atoms. The average molecular weight is 418 g/mol. The molecule has 2 aromatic carbocycles. The van der Waals surface area contributed by atoms with E-state index >= 15 is 0 Å². The summed E-state index contributed by atoms with van der Waals surface area (Å²) in [4.78, 5) is 26.2. The minimum atomic E-state index is -0.182. The Morgan fingerprint density at radius 1 is 0.967 bits per heavy atom. The fourth-order valence-corrected chi connectivity index (χ4v) is 3.81. The summed E-state index contributed by atoms with van der Waals surface area (Å²) in [6, 6.07) is 19.0. The fraction of sp³-hybridized carbons (Fsp3) is 0.167. The maximum absolute atomic E-state index is 12.7. The molecule has 1 aromatic heterocycles. The van der Waals surface area contributed by atoms with E-state index in [-0.39, 0.29) is 11.8 Å². The van der Waals surface area contributed by atoms with Gasteiger partial charge in [0.2, 0.25) is 0 Å². The van der Waals surface area contributed by atoms with Crippen molar-refractivity contribution in [3.8, 4) is 0 Å². The number of hydrogen-bond donors (Lipinski definition) is 3. The van der Waals surface area contributed by atoms with E-state index in [1.165, 1.54) is 11.3 Å². The number of amides is 2. The topological polar surface area (TPSA) is 70.2 Å². The third kappa shape index (κ3) is 4.78. The highest BCUT2D eigenvalue weighted by molar-refractivity contribution is 7.11. The zero-order chi connectivity index (χ0) is 20.9. The molecular weight excluding hydrogens is 394 g/mol. The van der Waals surface area contributed by atoms with Gasteiger partial charge in [-0.3, -0.25) is 9.59 Å². The Morgan fingerprint density at radius 2 is 1.70 bits per heavy atom. The molecule has 1 aliphatic carbocycles. The second-order valence-electron chi connectivity index (χ2n) is 7.15. The number of carbonyl (C=O) groups is 2. The van der Waals surface area contributed by atoms with Crippen molar-refractivity contribution in [2.45, 2.75) is 18.9 Å². The maximum atomic E-state index is 12.7. The summed E-state index contributed by atoms with van der Waals surface area (Å²) >= 11 is 1.54. The van der Waals surface area contributed by atoms with Gasteiger partial charge in [-0.2, -0.15) is 0 Å². The van der Waals surface area contributed by atoms with Crippen LogP contribution in [0.1, 0.15) is 33.6 Å². The van der Waals surface area contributed by atoms with Gasteiger partial charge in [0.1, 0.15) is 0 Å². The van der Waals surface area contributed by atoms with E-state index in [1.807, 2.05) is 67.0 Å². The fourth-order valence-electron chi connectivity index (χ4n) is 3.07. The molecule has 4 rings (SSSR count). The Kier molecular flexibility index (Phi) is 5.95. The van der Waals surface area contributed by atoms with E-state index < -0.39 is 0 Å². The zero-order valence-electron chi connectivity index (χ0n) is 16.6. The number of para-hydroxylation sites is 2. The maximum Gasteiger partial charge on any atom is 0.255 e. The summed E-state index contributed by atoms with van der Waals surface area (Å²) in [5.74, 6) is -0.233. The molecule has 3 aromatic rings. The standard InChI is InChI=1S/C24H23N3O2S/c1-25-20-5-2-3-6-21(20)27-23(28)17-10-8-16(9-11-17)15-19(22-7-4-14-30-22)24(29)26-18-12-13-18/h2-11,14-15,18,25H,12-13H2,1H3,(H,26,29)(H,27,28)/b19-15+. The van der Waals surface area contributed by atoms with Crippen LogP contribution in [0.2, 0.25) is 0 Å². The average Bonchev–Trinajstić information content (AvgIpc) is 3.41. The Balaban J connectivity index is 1.52. The molecule has 5 nitrogen and oxygen atoms in total. The molecule has 30 heavy (non-hydrogen) atoms. The molecule has 1 heterocycles. The number of benzene rings is 2. The summed E-state index contributed by atoms with van der Waals surface area (Å²) in [6.07, 6.45) is 3.97. The third-order valence-electron chi connectivity index (χ3n) is 4.87. The van der Waals surface area contributed by atoms with E-state index in [0.29, 0.717) is 17.2 Å². The second-order valence-corrected chi connectivity index (χ2v) is 8.10. The smallest absolute Gasteiger partial charge is 0.255 e. The van der Waals surface area contributed by atoms with Crippen LogP contribution in [0.4, 0.5) is 11.4 Å². The minimum Gasteiger partial charge on any atom is -0.386 e. The van der Waals surface area contributed by atoms with E-state index in [4.69, 9.17) is 0 Å². The van der Waals surface area contributed by atoms with Crippen LogP contribution >= 0.6 is 11.3 Å². The predicted molar refractivity (Wildman–Crippen MR) is 124 cm³/mol. The van der Waals surface area contributed by atoms with Crippen LogP contribution in [0.15, 0.2) is 66.0 Å². The lowest BCUT2D eigenvalue weighted by atomic mass is 10.1. The molecule has 0 atom stereocenters. The lowest BCUT2D eigenvalue weighted by Crippen LogP contribution is -2.26. The van der Waals surface area contributed by atoms with Gasteiger partial charge in [0.25, 0.3) is 11.8 Å². The summed E-state index contributed by atoms with van der Waals surface area (Å²) in [5.41, 5.74) is 3.66. The number of anilines is 2. The first kappa shape index (κ1) is 19.9. The van der Waals surface area contributed by atoms with Crippen LogP contribution in [0.5, 0.6) is 0 Å². The number of hydrogen-bond acceptors (Lipinski definition) is 4. The van der Waals surface area contributed by atoms with Crippen LogP contribution in [0, 0.1) is 0 Å². The van der Waals surface area contributed by atoms with Gasteiger partial charge in [-0.05, 0) is 60.2 Å². The molecule has 0 unspecified atom stereocenters. The number of nitrogens with one attached hydrogen (secondary N) is 3. The minimum absolute atomic E-state index is 0.0505. The molecule has 0 bridgehead atoms. The molecule has 152 valence electrons. The Morgan fingerprint density at radius 3 is 2.33 bits per heavy atom. The van der Waals surface area contributed by atoms with Crippen molar-refractivity contribution in [3.63, 3.8) is 0 Å². The van der Waals surface area contributed by atoms with Gasteiger partial charge in [0.15, 0.2) is 0 Å². The van der Waals surface area contributed by atoms with Gasteiger partial charge in [0, 0.05) is 23.5 Å². The normalized spacial score (nSPS) is 13.6. The van der Waals surface area contributed by atoms with Crippen LogP contribution in [0.25, 0.3) is 11.6 Å². The highest BCUT2D eigenvalue weighted by Crippen LogP contribution is 2.26. The summed E-state index contributed by atoms with van der Waals surface area (Å²) in [6.45, 7) is 0. The van der Waals surface area contributed by atoms with E-state index in [1.54, 1.807) is 12.1 Å².